The molecule has 3 rings (SSSR count). The molecule has 1 aliphatic rings. The fourth-order valence-corrected chi connectivity index (χ4v) is 6.21. The Morgan fingerprint density at radius 2 is 1.72 bits per heavy atom. The number of benzene rings is 2. The van der Waals surface area contributed by atoms with Crippen molar-refractivity contribution in [3.8, 4) is 0 Å². The maximum absolute atomic E-state index is 13.3. The molecule has 4 nitrogen and oxygen atoms in total. The third-order valence-electron chi connectivity index (χ3n) is 5.18. The molecule has 2 N–H and O–H groups in total. The van der Waals surface area contributed by atoms with Crippen molar-refractivity contribution in [2.45, 2.75) is 29.9 Å². The van der Waals surface area contributed by atoms with E-state index in [9.17, 15) is 8.42 Å². The third kappa shape index (κ3) is 3.12. The van der Waals surface area contributed by atoms with Crippen LogP contribution in [-0.2, 0) is 14.6 Å². The molecule has 2 aromatic rings. The number of aryl methyl sites for hydroxylation is 1. The van der Waals surface area contributed by atoms with E-state index in [1.54, 1.807) is 24.3 Å². The lowest BCUT2D eigenvalue weighted by Gasteiger charge is -2.16. The van der Waals surface area contributed by atoms with Crippen molar-refractivity contribution in [2.24, 2.45) is 11.1 Å². The van der Waals surface area contributed by atoms with Gasteiger partial charge in [-0.2, -0.15) is 0 Å². The summed E-state index contributed by atoms with van der Waals surface area (Å²) in [5, 5.41) is -0.554. The van der Waals surface area contributed by atoms with Crippen LogP contribution in [0.2, 0.25) is 0 Å². The molecule has 5 heteroatoms. The Labute approximate surface area is 149 Å². The molecular weight excluding hydrogens is 334 g/mol. The number of sulfone groups is 1. The van der Waals surface area contributed by atoms with Gasteiger partial charge in [0.2, 0.25) is 0 Å². The van der Waals surface area contributed by atoms with Gasteiger partial charge in [-0.15, -0.1) is 0 Å². The summed E-state index contributed by atoms with van der Waals surface area (Å²) in [5.74, 6) is -0.144. The van der Waals surface area contributed by atoms with Crippen LogP contribution in [-0.4, -0.2) is 33.4 Å². The first-order chi connectivity index (χ1) is 12.0. The topological polar surface area (TPSA) is 69.4 Å². The van der Waals surface area contributed by atoms with E-state index in [0.29, 0.717) is 18.1 Å². The first kappa shape index (κ1) is 18.1. The van der Waals surface area contributed by atoms with E-state index in [1.807, 2.05) is 44.2 Å². The molecule has 0 spiro atoms. The minimum absolute atomic E-state index is 0.144. The van der Waals surface area contributed by atoms with E-state index < -0.39 is 20.5 Å². The largest absolute Gasteiger partial charge is 0.381 e. The monoisotopic (exact) mass is 359 g/mol. The molecule has 25 heavy (non-hydrogen) atoms. The van der Waals surface area contributed by atoms with Gasteiger partial charge < -0.3 is 10.5 Å². The van der Waals surface area contributed by atoms with Gasteiger partial charge in [0.25, 0.3) is 0 Å². The molecular formula is C20H25NO3S. The molecule has 0 aromatic heterocycles. The van der Waals surface area contributed by atoms with Crippen molar-refractivity contribution in [3.05, 3.63) is 65.7 Å². The third-order valence-corrected chi connectivity index (χ3v) is 7.52. The van der Waals surface area contributed by atoms with Gasteiger partial charge in [0.1, 0.15) is 0 Å². The second kappa shape index (κ2) is 6.90. The van der Waals surface area contributed by atoms with Crippen LogP contribution >= 0.6 is 0 Å². The highest BCUT2D eigenvalue weighted by Gasteiger charge is 2.70. The second-order valence-electron chi connectivity index (χ2n) is 6.74. The fourth-order valence-electron chi connectivity index (χ4n) is 3.74. The summed E-state index contributed by atoms with van der Waals surface area (Å²) in [7, 11) is -3.48. The van der Waals surface area contributed by atoms with Gasteiger partial charge in [0.05, 0.1) is 16.8 Å². The van der Waals surface area contributed by atoms with Gasteiger partial charge >= 0.3 is 0 Å². The van der Waals surface area contributed by atoms with E-state index >= 15 is 0 Å². The molecule has 0 heterocycles. The summed E-state index contributed by atoms with van der Waals surface area (Å²) in [4.78, 5) is 0.351. The Morgan fingerprint density at radius 1 is 1.08 bits per heavy atom. The average molecular weight is 359 g/mol. The normalized spacial score (nSPS) is 25.7. The Morgan fingerprint density at radius 3 is 2.28 bits per heavy atom. The van der Waals surface area contributed by atoms with Crippen molar-refractivity contribution in [2.75, 3.05) is 19.8 Å². The van der Waals surface area contributed by atoms with Crippen molar-refractivity contribution in [1.29, 1.82) is 0 Å². The highest BCUT2D eigenvalue weighted by molar-refractivity contribution is 7.92. The Balaban J connectivity index is 2.04. The lowest BCUT2D eigenvalue weighted by Crippen LogP contribution is -2.29. The zero-order chi connectivity index (χ0) is 18.1. The van der Waals surface area contributed by atoms with E-state index in [0.717, 1.165) is 11.1 Å². The minimum atomic E-state index is -3.48. The molecule has 1 saturated carbocycles. The summed E-state index contributed by atoms with van der Waals surface area (Å²) in [6.07, 6.45) is 0. The smallest absolute Gasteiger partial charge is 0.182 e. The lowest BCUT2D eigenvalue weighted by molar-refractivity contribution is 0.101. The highest BCUT2D eigenvalue weighted by Crippen LogP contribution is 2.63. The first-order valence-electron chi connectivity index (χ1n) is 8.60. The number of rotatable bonds is 7. The van der Waals surface area contributed by atoms with Crippen molar-refractivity contribution >= 4 is 9.84 Å². The number of nitrogens with two attached hydrogens (primary N) is 1. The minimum Gasteiger partial charge on any atom is -0.381 e. The molecule has 0 bridgehead atoms. The predicted octanol–water partition coefficient (Wildman–Crippen LogP) is 2.92. The van der Waals surface area contributed by atoms with E-state index in [1.165, 1.54) is 0 Å². The summed E-state index contributed by atoms with van der Waals surface area (Å²) in [5.41, 5.74) is 7.68. The maximum Gasteiger partial charge on any atom is 0.182 e. The van der Waals surface area contributed by atoms with Crippen LogP contribution in [0.5, 0.6) is 0 Å². The summed E-state index contributed by atoms with van der Waals surface area (Å²) >= 11 is 0. The van der Waals surface area contributed by atoms with Gasteiger partial charge in [-0.25, -0.2) is 8.42 Å². The number of hydrogen-bond acceptors (Lipinski definition) is 4. The Bertz CT molecular complexity index is 818. The molecule has 0 amide bonds. The highest BCUT2D eigenvalue weighted by atomic mass is 32.2. The molecule has 134 valence electrons. The first-order valence-corrected chi connectivity index (χ1v) is 10.2. The van der Waals surface area contributed by atoms with Gasteiger partial charge in [0.15, 0.2) is 9.84 Å². The molecule has 0 unspecified atom stereocenters. The average Bonchev–Trinajstić information content (AvgIpc) is 3.31. The molecule has 3 atom stereocenters. The molecule has 1 fully saturated rings. The zero-order valence-corrected chi connectivity index (χ0v) is 15.5. The number of hydrogen-bond donors (Lipinski definition) is 1. The lowest BCUT2D eigenvalue weighted by atomic mass is 9.99. The quantitative estimate of drug-likeness (QED) is 0.825. The fraction of sp³-hybridized carbons (Fsp3) is 0.400. The van der Waals surface area contributed by atoms with Crippen LogP contribution in [0.25, 0.3) is 0 Å². The van der Waals surface area contributed by atoms with E-state index in [4.69, 9.17) is 10.5 Å². The van der Waals surface area contributed by atoms with Crippen LogP contribution in [0.3, 0.4) is 0 Å². The van der Waals surface area contributed by atoms with Crippen LogP contribution in [0.4, 0.5) is 0 Å². The molecule has 0 radical (unpaired) electrons. The number of ether oxygens (including phenoxy) is 1. The molecule has 1 aliphatic carbocycles. The summed E-state index contributed by atoms with van der Waals surface area (Å²) < 4.78 is 32.2. The van der Waals surface area contributed by atoms with Crippen LogP contribution in [0.15, 0.2) is 59.5 Å². The standard InChI is InChI=1S/C20H25NO3S/c1-3-24-14-20(13-21)18(16-11-9-15(2)10-12-16)19(20)25(22,23)17-7-5-4-6-8-17/h4-12,18-19H,3,13-14,21H2,1-2H3/t18-,19-,20-/m1/s1. The van der Waals surface area contributed by atoms with Crippen molar-refractivity contribution in [3.63, 3.8) is 0 Å². The molecule has 0 saturated heterocycles. The van der Waals surface area contributed by atoms with Gasteiger partial charge in [-0.05, 0) is 31.5 Å². The zero-order valence-electron chi connectivity index (χ0n) is 14.7. The molecule has 0 aliphatic heterocycles. The van der Waals surface area contributed by atoms with Gasteiger partial charge in [-0.3, -0.25) is 0 Å². The predicted molar refractivity (Wildman–Crippen MR) is 99.3 cm³/mol. The Kier molecular flexibility index (Phi) is 5.00. The maximum atomic E-state index is 13.3. The van der Waals surface area contributed by atoms with Gasteiger partial charge in [0, 0.05) is 24.5 Å². The van der Waals surface area contributed by atoms with Crippen molar-refractivity contribution < 1.29 is 13.2 Å². The molecule has 2 aromatic carbocycles. The van der Waals surface area contributed by atoms with E-state index in [2.05, 4.69) is 0 Å². The van der Waals surface area contributed by atoms with Crippen LogP contribution in [0, 0.1) is 12.3 Å². The summed E-state index contributed by atoms with van der Waals surface area (Å²) in [6, 6.07) is 16.7. The SMILES string of the molecule is CCOC[C@]1(CN)[C@H](c2ccc(C)cc2)[C@H]1S(=O)(=O)c1ccccc1. The summed E-state index contributed by atoms with van der Waals surface area (Å²) in [6.45, 7) is 5.11. The van der Waals surface area contributed by atoms with Gasteiger partial charge in [-0.1, -0.05) is 48.0 Å². The van der Waals surface area contributed by atoms with E-state index in [-0.39, 0.29) is 12.5 Å². The van der Waals surface area contributed by atoms with Crippen molar-refractivity contribution in [1.82, 2.24) is 0 Å². The van der Waals surface area contributed by atoms with Crippen LogP contribution in [0.1, 0.15) is 24.0 Å². The van der Waals surface area contributed by atoms with Crippen LogP contribution < -0.4 is 5.73 Å². The second-order valence-corrected chi connectivity index (χ2v) is 8.81. The Hall–Kier alpha value is -1.69.